The van der Waals surface area contributed by atoms with E-state index in [0.717, 1.165) is 4.90 Å². The van der Waals surface area contributed by atoms with Crippen LogP contribution in [0.25, 0.3) is 6.08 Å². The normalized spacial score (nSPS) is 16.2. The van der Waals surface area contributed by atoms with Crippen LogP contribution in [0.3, 0.4) is 0 Å². The zero-order valence-corrected chi connectivity index (χ0v) is 14.7. The van der Waals surface area contributed by atoms with Crippen molar-refractivity contribution in [3.63, 3.8) is 0 Å². The minimum Gasteiger partial charge on any atom is -0.496 e. The highest BCUT2D eigenvalue weighted by atomic mass is 79.9. The minimum atomic E-state index is -0.769. The zero-order chi connectivity index (χ0) is 18.0. The maximum Gasteiger partial charge on any atom is 0.335 e. The van der Waals surface area contributed by atoms with Crippen molar-refractivity contribution < 1.29 is 19.1 Å². The minimum absolute atomic E-state index is 0.125. The lowest BCUT2D eigenvalue weighted by molar-refractivity contribution is -0.122. The van der Waals surface area contributed by atoms with Gasteiger partial charge in [-0.05, 0) is 51.8 Å². The number of hydrogen-bond acceptors (Lipinski definition) is 4. The number of urea groups is 1. The van der Waals surface area contributed by atoms with Gasteiger partial charge in [0.15, 0.2) is 0 Å². The first kappa shape index (κ1) is 16.9. The van der Waals surface area contributed by atoms with Crippen molar-refractivity contribution in [2.45, 2.75) is 0 Å². The number of imide groups is 2. The average molecular weight is 401 g/mol. The third kappa shape index (κ3) is 3.32. The van der Waals surface area contributed by atoms with E-state index in [1.807, 2.05) is 0 Å². The Labute approximate surface area is 152 Å². The van der Waals surface area contributed by atoms with Gasteiger partial charge in [-0.1, -0.05) is 24.3 Å². The van der Waals surface area contributed by atoms with Crippen LogP contribution in [0.2, 0.25) is 0 Å². The van der Waals surface area contributed by atoms with Gasteiger partial charge >= 0.3 is 6.03 Å². The Balaban J connectivity index is 2.00. The van der Waals surface area contributed by atoms with Gasteiger partial charge in [-0.2, -0.15) is 0 Å². The number of carbonyl (C=O) groups excluding carboxylic acids is 3. The van der Waals surface area contributed by atoms with Crippen LogP contribution in [0, 0.1) is 0 Å². The second-order valence-electron chi connectivity index (χ2n) is 5.19. The standard InChI is InChI=1S/C18H13BrN2O4/c1-25-15-8-7-11(10-14(15)19)9-13-16(22)20-18(24)21(17(13)23)12-5-3-2-4-6-12/h2-10H,1H3,(H,20,22,24). The number of para-hydroxylation sites is 1. The number of nitrogens with one attached hydrogen (secondary N) is 1. The van der Waals surface area contributed by atoms with Crippen molar-refractivity contribution in [3.8, 4) is 5.75 Å². The molecule has 126 valence electrons. The molecule has 1 aliphatic rings. The molecule has 3 rings (SSSR count). The van der Waals surface area contributed by atoms with Gasteiger partial charge in [-0.25, -0.2) is 9.69 Å². The fourth-order valence-corrected chi connectivity index (χ4v) is 2.97. The van der Waals surface area contributed by atoms with E-state index in [9.17, 15) is 14.4 Å². The van der Waals surface area contributed by atoms with Crippen molar-refractivity contribution in [1.29, 1.82) is 0 Å². The molecule has 0 bridgehead atoms. The van der Waals surface area contributed by atoms with Crippen LogP contribution < -0.4 is 15.0 Å². The quantitative estimate of drug-likeness (QED) is 0.634. The molecular formula is C18H13BrN2O4. The molecule has 0 aliphatic carbocycles. The number of carbonyl (C=O) groups is 3. The number of hydrogen-bond donors (Lipinski definition) is 1. The molecule has 1 fully saturated rings. The molecule has 1 aliphatic heterocycles. The van der Waals surface area contributed by atoms with Crippen LogP contribution in [0.5, 0.6) is 5.75 Å². The number of amides is 4. The van der Waals surface area contributed by atoms with Gasteiger partial charge in [0.2, 0.25) is 0 Å². The number of halogens is 1. The van der Waals surface area contributed by atoms with Crippen molar-refractivity contribution in [1.82, 2.24) is 5.32 Å². The van der Waals surface area contributed by atoms with Gasteiger partial charge in [0.25, 0.3) is 11.8 Å². The highest BCUT2D eigenvalue weighted by molar-refractivity contribution is 9.10. The van der Waals surface area contributed by atoms with Crippen molar-refractivity contribution >= 4 is 45.5 Å². The first-order chi connectivity index (χ1) is 12.0. The van der Waals surface area contributed by atoms with Gasteiger partial charge < -0.3 is 4.74 Å². The number of barbiturate groups is 1. The fourth-order valence-electron chi connectivity index (χ4n) is 2.41. The lowest BCUT2D eigenvalue weighted by Crippen LogP contribution is -2.54. The Morgan fingerprint density at radius 3 is 2.44 bits per heavy atom. The summed E-state index contributed by atoms with van der Waals surface area (Å²) < 4.78 is 5.84. The number of methoxy groups -OCH3 is 1. The van der Waals surface area contributed by atoms with Gasteiger partial charge in [0.1, 0.15) is 11.3 Å². The SMILES string of the molecule is COc1ccc(C=C2C(=O)NC(=O)N(c3ccccc3)C2=O)cc1Br. The van der Waals surface area contributed by atoms with Crippen LogP contribution in [0.4, 0.5) is 10.5 Å². The Hall–Kier alpha value is -2.93. The summed E-state index contributed by atoms with van der Waals surface area (Å²) in [6, 6.07) is 12.8. The van der Waals surface area contributed by atoms with Crippen LogP contribution >= 0.6 is 15.9 Å². The highest BCUT2D eigenvalue weighted by Gasteiger charge is 2.36. The predicted molar refractivity (Wildman–Crippen MR) is 96.1 cm³/mol. The summed E-state index contributed by atoms with van der Waals surface area (Å²) in [7, 11) is 1.54. The lowest BCUT2D eigenvalue weighted by Gasteiger charge is -2.26. The third-order valence-electron chi connectivity index (χ3n) is 3.60. The van der Waals surface area contributed by atoms with Crippen molar-refractivity contribution in [3.05, 3.63) is 64.1 Å². The molecule has 2 aromatic rings. The molecule has 6 nitrogen and oxygen atoms in total. The molecule has 0 aromatic heterocycles. The lowest BCUT2D eigenvalue weighted by atomic mass is 10.1. The average Bonchev–Trinajstić information content (AvgIpc) is 2.59. The smallest absolute Gasteiger partial charge is 0.335 e. The van der Waals surface area contributed by atoms with E-state index < -0.39 is 17.8 Å². The van der Waals surface area contributed by atoms with E-state index in [4.69, 9.17) is 4.74 Å². The Morgan fingerprint density at radius 2 is 1.80 bits per heavy atom. The second kappa shape index (κ2) is 6.90. The molecule has 0 atom stereocenters. The first-order valence-electron chi connectivity index (χ1n) is 7.31. The van der Waals surface area contributed by atoms with Crippen LogP contribution in [-0.2, 0) is 9.59 Å². The molecule has 0 radical (unpaired) electrons. The molecule has 2 aromatic carbocycles. The van der Waals surface area contributed by atoms with E-state index in [-0.39, 0.29) is 5.57 Å². The maximum atomic E-state index is 12.7. The Morgan fingerprint density at radius 1 is 1.08 bits per heavy atom. The van der Waals surface area contributed by atoms with E-state index in [1.54, 1.807) is 55.6 Å². The molecule has 25 heavy (non-hydrogen) atoms. The van der Waals surface area contributed by atoms with Crippen LogP contribution in [0.1, 0.15) is 5.56 Å². The van der Waals surface area contributed by atoms with Gasteiger partial charge in [0.05, 0.1) is 17.3 Å². The number of nitrogens with zero attached hydrogens (tertiary/aromatic N) is 1. The molecule has 1 heterocycles. The summed E-state index contributed by atoms with van der Waals surface area (Å²) in [4.78, 5) is 37.8. The summed E-state index contributed by atoms with van der Waals surface area (Å²) in [5, 5.41) is 2.19. The van der Waals surface area contributed by atoms with Crippen molar-refractivity contribution in [2.75, 3.05) is 12.0 Å². The number of anilines is 1. The fraction of sp³-hybridized carbons (Fsp3) is 0.0556. The number of ether oxygens (including phenoxy) is 1. The molecule has 0 saturated carbocycles. The summed E-state index contributed by atoms with van der Waals surface area (Å²) in [5.41, 5.74) is 0.883. The molecule has 7 heteroatoms. The van der Waals surface area contributed by atoms with Crippen LogP contribution in [0.15, 0.2) is 58.6 Å². The van der Waals surface area contributed by atoms with Gasteiger partial charge in [-0.15, -0.1) is 0 Å². The Bertz CT molecular complexity index is 893. The van der Waals surface area contributed by atoms with Gasteiger partial charge in [0, 0.05) is 0 Å². The van der Waals surface area contributed by atoms with E-state index >= 15 is 0 Å². The monoisotopic (exact) mass is 400 g/mol. The van der Waals surface area contributed by atoms with Gasteiger partial charge in [-0.3, -0.25) is 14.9 Å². The molecule has 1 saturated heterocycles. The summed E-state index contributed by atoms with van der Waals surface area (Å²) >= 11 is 3.36. The third-order valence-corrected chi connectivity index (χ3v) is 4.22. The van der Waals surface area contributed by atoms with Crippen LogP contribution in [-0.4, -0.2) is 25.0 Å². The molecule has 4 amide bonds. The number of rotatable bonds is 3. The summed E-state index contributed by atoms with van der Waals surface area (Å²) in [5.74, 6) is -0.774. The molecule has 1 N–H and O–H groups in total. The second-order valence-corrected chi connectivity index (χ2v) is 6.04. The van der Waals surface area contributed by atoms with E-state index in [2.05, 4.69) is 21.2 Å². The Kier molecular flexibility index (Phi) is 4.67. The zero-order valence-electron chi connectivity index (χ0n) is 13.2. The summed E-state index contributed by atoms with van der Waals surface area (Å²) in [6.07, 6.45) is 1.43. The molecule has 0 unspecified atom stereocenters. The topological polar surface area (TPSA) is 75.7 Å². The largest absolute Gasteiger partial charge is 0.496 e. The van der Waals surface area contributed by atoms with Crippen molar-refractivity contribution in [2.24, 2.45) is 0 Å². The predicted octanol–water partition coefficient (Wildman–Crippen LogP) is 3.12. The number of benzene rings is 2. The van der Waals surface area contributed by atoms with E-state index in [1.165, 1.54) is 6.08 Å². The summed E-state index contributed by atoms with van der Waals surface area (Å²) in [6.45, 7) is 0. The van der Waals surface area contributed by atoms with E-state index in [0.29, 0.717) is 21.5 Å². The molecule has 0 spiro atoms. The first-order valence-corrected chi connectivity index (χ1v) is 8.10. The molecular weight excluding hydrogens is 388 g/mol. The maximum absolute atomic E-state index is 12.7. The highest BCUT2D eigenvalue weighted by Crippen LogP contribution is 2.27.